The van der Waals surface area contributed by atoms with Crippen molar-refractivity contribution in [2.75, 3.05) is 20.8 Å². The largest absolute Gasteiger partial charge is 0.493 e. The third-order valence-corrected chi connectivity index (χ3v) is 3.22. The van der Waals surface area contributed by atoms with Crippen LogP contribution in [0.15, 0.2) is 10.5 Å². The molecule has 0 amide bonds. The van der Waals surface area contributed by atoms with Crippen LogP contribution >= 0.6 is 15.9 Å². The van der Waals surface area contributed by atoms with Gasteiger partial charge in [0.25, 0.3) is 5.69 Å². The Bertz CT molecular complexity index is 466. The maximum atomic E-state index is 10.9. The van der Waals surface area contributed by atoms with Crippen molar-refractivity contribution in [3.05, 3.63) is 26.2 Å². The van der Waals surface area contributed by atoms with Gasteiger partial charge in [-0.3, -0.25) is 10.1 Å². The van der Waals surface area contributed by atoms with E-state index < -0.39 is 11.0 Å². The molecule has 0 bridgehead atoms. The standard InChI is InChI=1S/C10H13BrN2O5/c1-17-7-3-6(13(15)16)9(11)8(5(12)4-14)10(7)18-2/h3,5,14H,4,12H2,1-2H3/t5-/m0/s1. The topological polar surface area (TPSA) is 108 Å². The number of aliphatic hydroxyl groups is 1. The molecule has 1 rings (SSSR count). The van der Waals surface area contributed by atoms with Crippen molar-refractivity contribution >= 4 is 21.6 Å². The Kier molecular flexibility index (Phi) is 4.88. The molecule has 0 fully saturated rings. The van der Waals surface area contributed by atoms with E-state index in [-0.39, 0.29) is 28.3 Å². The molecule has 0 aliphatic carbocycles. The zero-order valence-corrected chi connectivity index (χ0v) is 11.4. The van der Waals surface area contributed by atoms with Crippen molar-refractivity contribution in [2.45, 2.75) is 6.04 Å². The molecule has 7 nitrogen and oxygen atoms in total. The molecule has 1 aromatic rings. The van der Waals surface area contributed by atoms with Crippen LogP contribution < -0.4 is 15.2 Å². The molecule has 0 saturated carbocycles. The van der Waals surface area contributed by atoms with Crippen LogP contribution in [0.4, 0.5) is 5.69 Å². The maximum Gasteiger partial charge on any atom is 0.287 e. The number of ether oxygens (including phenoxy) is 2. The summed E-state index contributed by atoms with van der Waals surface area (Å²) in [6.45, 7) is -0.376. The van der Waals surface area contributed by atoms with Crippen LogP contribution in [-0.2, 0) is 0 Å². The van der Waals surface area contributed by atoms with E-state index in [1.54, 1.807) is 0 Å². The van der Waals surface area contributed by atoms with Gasteiger partial charge < -0.3 is 20.3 Å². The van der Waals surface area contributed by atoms with Crippen molar-refractivity contribution in [1.82, 2.24) is 0 Å². The maximum absolute atomic E-state index is 10.9. The van der Waals surface area contributed by atoms with Crippen molar-refractivity contribution < 1.29 is 19.5 Å². The first-order valence-electron chi connectivity index (χ1n) is 4.93. The zero-order chi connectivity index (χ0) is 13.9. The molecular formula is C10H13BrN2O5. The monoisotopic (exact) mass is 320 g/mol. The summed E-state index contributed by atoms with van der Waals surface area (Å²) in [5.41, 5.74) is 5.82. The minimum atomic E-state index is -0.817. The fourth-order valence-corrected chi connectivity index (χ4v) is 2.27. The minimum Gasteiger partial charge on any atom is -0.493 e. The Labute approximate surface area is 112 Å². The molecule has 0 aliphatic heterocycles. The third-order valence-electron chi connectivity index (χ3n) is 2.39. The second-order valence-corrected chi connectivity index (χ2v) is 4.20. The first-order valence-corrected chi connectivity index (χ1v) is 5.72. The van der Waals surface area contributed by atoms with Gasteiger partial charge in [-0.15, -0.1) is 0 Å². The first kappa shape index (κ1) is 14.7. The summed E-state index contributed by atoms with van der Waals surface area (Å²) < 4.78 is 10.3. The van der Waals surface area contributed by atoms with Crippen LogP contribution in [-0.4, -0.2) is 30.9 Å². The number of nitrogens with two attached hydrogens (primary N) is 1. The Morgan fingerprint density at radius 1 is 1.56 bits per heavy atom. The second kappa shape index (κ2) is 5.98. The Morgan fingerprint density at radius 2 is 2.17 bits per heavy atom. The van der Waals surface area contributed by atoms with Gasteiger partial charge in [0.1, 0.15) is 4.47 Å². The zero-order valence-electron chi connectivity index (χ0n) is 9.84. The number of nitro groups is 1. The average Bonchev–Trinajstić information content (AvgIpc) is 2.36. The number of aliphatic hydroxyl groups excluding tert-OH is 1. The summed E-state index contributed by atoms with van der Waals surface area (Å²) in [5.74, 6) is 0.447. The van der Waals surface area contributed by atoms with Crippen LogP contribution in [0.1, 0.15) is 11.6 Å². The second-order valence-electron chi connectivity index (χ2n) is 3.41. The number of methoxy groups -OCH3 is 2. The SMILES string of the molecule is COc1cc([N+](=O)[O-])c(Br)c([C@@H](N)CO)c1OC. The molecule has 1 atom stereocenters. The third kappa shape index (κ3) is 2.55. The molecule has 0 spiro atoms. The molecule has 0 saturated heterocycles. The van der Waals surface area contributed by atoms with Crippen molar-refractivity contribution in [1.29, 1.82) is 0 Å². The van der Waals surface area contributed by atoms with Gasteiger partial charge >= 0.3 is 0 Å². The fraction of sp³-hybridized carbons (Fsp3) is 0.400. The number of nitrogens with zero attached hydrogens (tertiary/aromatic N) is 1. The van der Waals surface area contributed by atoms with E-state index in [9.17, 15) is 10.1 Å². The number of benzene rings is 1. The average molecular weight is 321 g/mol. The quantitative estimate of drug-likeness (QED) is 0.626. The van der Waals surface area contributed by atoms with E-state index in [4.69, 9.17) is 20.3 Å². The van der Waals surface area contributed by atoms with Crippen molar-refractivity contribution in [3.8, 4) is 11.5 Å². The van der Waals surface area contributed by atoms with Gasteiger partial charge in [0.05, 0.1) is 37.9 Å². The van der Waals surface area contributed by atoms with Crippen LogP contribution in [0.3, 0.4) is 0 Å². The molecule has 0 aromatic heterocycles. The van der Waals surface area contributed by atoms with Gasteiger partial charge in [-0.2, -0.15) is 0 Å². The van der Waals surface area contributed by atoms with Crippen molar-refractivity contribution in [3.63, 3.8) is 0 Å². The highest BCUT2D eigenvalue weighted by Crippen LogP contribution is 2.44. The molecule has 18 heavy (non-hydrogen) atoms. The first-order chi connectivity index (χ1) is 8.47. The summed E-state index contributed by atoms with van der Waals surface area (Å²) in [4.78, 5) is 10.4. The molecule has 0 unspecified atom stereocenters. The molecule has 0 heterocycles. The van der Waals surface area contributed by atoms with Gasteiger partial charge in [-0.05, 0) is 15.9 Å². The van der Waals surface area contributed by atoms with Crippen LogP contribution in [0.2, 0.25) is 0 Å². The number of nitro benzene ring substituents is 1. The van der Waals surface area contributed by atoms with Gasteiger partial charge in [-0.1, -0.05) is 0 Å². The summed E-state index contributed by atoms with van der Waals surface area (Å²) in [7, 11) is 2.76. The molecule has 8 heteroatoms. The van der Waals surface area contributed by atoms with Gasteiger partial charge in [0.15, 0.2) is 11.5 Å². The summed E-state index contributed by atoms with van der Waals surface area (Å²) in [6, 6.07) is 0.416. The Hall–Kier alpha value is -1.38. The molecule has 1 aromatic carbocycles. The number of hydrogen-bond donors (Lipinski definition) is 2. The van der Waals surface area contributed by atoms with E-state index in [1.165, 1.54) is 20.3 Å². The number of rotatable bonds is 5. The van der Waals surface area contributed by atoms with Crippen LogP contribution in [0.25, 0.3) is 0 Å². The van der Waals surface area contributed by atoms with E-state index >= 15 is 0 Å². The highest BCUT2D eigenvalue weighted by molar-refractivity contribution is 9.10. The fourth-order valence-electron chi connectivity index (χ4n) is 1.54. The van der Waals surface area contributed by atoms with E-state index in [2.05, 4.69) is 15.9 Å². The Morgan fingerprint density at radius 3 is 2.56 bits per heavy atom. The summed E-state index contributed by atoms with van der Waals surface area (Å²) in [6.07, 6.45) is 0. The number of hydrogen-bond acceptors (Lipinski definition) is 6. The van der Waals surface area contributed by atoms with Crippen LogP contribution in [0, 0.1) is 10.1 Å². The Balaban J connectivity index is 3.61. The molecule has 100 valence electrons. The van der Waals surface area contributed by atoms with Gasteiger partial charge in [0, 0.05) is 5.56 Å². The molecular weight excluding hydrogens is 308 g/mol. The summed E-state index contributed by atoms with van der Waals surface area (Å²) in [5, 5.41) is 20.0. The van der Waals surface area contributed by atoms with E-state index in [1.807, 2.05) is 0 Å². The normalized spacial score (nSPS) is 12.1. The lowest BCUT2D eigenvalue weighted by Gasteiger charge is -2.18. The van der Waals surface area contributed by atoms with Gasteiger partial charge in [-0.25, -0.2) is 0 Å². The molecule has 0 aliphatic rings. The lowest BCUT2D eigenvalue weighted by molar-refractivity contribution is -0.385. The predicted octanol–water partition coefficient (Wildman–Crippen LogP) is 1.37. The van der Waals surface area contributed by atoms with E-state index in [0.29, 0.717) is 5.56 Å². The molecule has 0 radical (unpaired) electrons. The highest BCUT2D eigenvalue weighted by Gasteiger charge is 2.27. The van der Waals surface area contributed by atoms with E-state index in [0.717, 1.165) is 0 Å². The van der Waals surface area contributed by atoms with Crippen molar-refractivity contribution in [2.24, 2.45) is 5.73 Å². The summed E-state index contributed by atoms with van der Waals surface area (Å²) >= 11 is 3.11. The predicted molar refractivity (Wildman–Crippen MR) is 67.9 cm³/mol. The van der Waals surface area contributed by atoms with Gasteiger partial charge in [0.2, 0.25) is 0 Å². The lowest BCUT2D eigenvalue weighted by Crippen LogP contribution is -2.17. The molecule has 3 N–H and O–H groups in total. The minimum absolute atomic E-state index is 0.173. The van der Waals surface area contributed by atoms with Crippen LogP contribution in [0.5, 0.6) is 11.5 Å². The smallest absolute Gasteiger partial charge is 0.287 e. The number of halogens is 1. The highest BCUT2D eigenvalue weighted by atomic mass is 79.9. The lowest BCUT2D eigenvalue weighted by atomic mass is 10.1.